The van der Waals surface area contributed by atoms with Crippen LogP contribution in [0, 0.1) is 5.82 Å². The minimum absolute atomic E-state index is 0.0314. The number of anilines is 2. The summed E-state index contributed by atoms with van der Waals surface area (Å²) < 4.78 is 57.4. The number of nitrogens with zero attached hydrogens (tertiary/aromatic N) is 1. The fourth-order valence-corrected chi connectivity index (χ4v) is 4.82. The number of amides is 1. The van der Waals surface area contributed by atoms with Crippen LogP contribution >= 0.6 is 0 Å². The summed E-state index contributed by atoms with van der Waals surface area (Å²) in [7, 11) is -3.05. The summed E-state index contributed by atoms with van der Waals surface area (Å²) in [6, 6.07) is 14.9. The van der Waals surface area contributed by atoms with Crippen LogP contribution in [-0.4, -0.2) is 47.2 Å². The molecular weight excluding hydrogens is 479 g/mol. The van der Waals surface area contributed by atoms with E-state index in [9.17, 15) is 22.4 Å². The number of carbonyl (C=O) groups is 2. The highest BCUT2D eigenvalue weighted by molar-refractivity contribution is 7.92. The van der Waals surface area contributed by atoms with Gasteiger partial charge in [-0.1, -0.05) is 6.07 Å². The monoisotopic (exact) mass is 500 g/mol. The van der Waals surface area contributed by atoms with Gasteiger partial charge in [-0.05, 0) is 54.6 Å². The number of ether oxygens (including phenoxy) is 3. The van der Waals surface area contributed by atoms with Crippen molar-refractivity contribution in [2.75, 3.05) is 36.5 Å². The summed E-state index contributed by atoms with van der Waals surface area (Å²) in [4.78, 5) is 24.2. The molecule has 1 aliphatic rings. The second-order valence-corrected chi connectivity index (χ2v) is 9.28. The average molecular weight is 501 g/mol. The van der Waals surface area contributed by atoms with Crippen LogP contribution in [0.3, 0.4) is 0 Å². The van der Waals surface area contributed by atoms with Gasteiger partial charge in [-0.15, -0.1) is 0 Å². The van der Waals surface area contributed by atoms with Gasteiger partial charge in [-0.2, -0.15) is 0 Å². The first-order chi connectivity index (χ1) is 16.8. The van der Waals surface area contributed by atoms with Crippen LogP contribution in [0.1, 0.15) is 10.4 Å². The molecule has 4 rings (SSSR count). The number of fused-ring (bicyclic) bond motifs is 1. The third kappa shape index (κ3) is 5.35. The van der Waals surface area contributed by atoms with E-state index in [1.165, 1.54) is 67.8 Å². The topological polar surface area (TPSA) is 111 Å². The molecule has 182 valence electrons. The summed E-state index contributed by atoms with van der Waals surface area (Å²) in [5, 5.41) is 2.58. The van der Waals surface area contributed by atoms with Gasteiger partial charge < -0.3 is 19.5 Å². The first kappa shape index (κ1) is 24.0. The van der Waals surface area contributed by atoms with Crippen molar-refractivity contribution in [3.63, 3.8) is 0 Å². The number of sulfonamides is 1. The molecule has 3 aromatic rings. The van der Waals surface area contributed by atoms with E-state index in [1.807, 2.05) is 0 Å². The molecule has 0 spiro atoms. The van der Waals surface area contributed by atoms with Crippen LogP contribution < -0.4 is 19.1 Å². The van der Waals surface area contributed by atoms with Crippen molar-refractivity contribution in [2.24, 2.45) is 0 Å². The van der Waals surface area contributed by atoms with Gasteiger partial charge in [0.1, 0.15) is 25.6 Å². The van der Waals surface area contributed by atoms with Crippen molar-refractivity contribution in [2.45, 2.75) is 4.90 Å². The lowest BCUT2D eigenvalue weighted by Crippen LogP contribution is -2.38. The molecule has 11 heteroatoms. The van der Waals surface area contributed by atoms with Gasteiger partial charge in [0, 0.05) is 11.8 Å². The van der Waals surface area contributed by atoms with Crippen molar-refractivity contribution in [3.05, 3.63) is 78.1 Å². The molecule has 1 N–H and O–H groups in total. The number of hydrogen-bond donors (Lipinski definition) is 1. The lowest BCUT2D eigenvalue weighted by Gasteiger charge is -2.25. The van der Waals surface area contributed by atoms with Crippen LogP contribution in [0.4, 0.5) is 15.8 Å². The Morgan fingerprint density at radius 2 is 1.71 bits per heavy atom. The van der Waals surface area contributed by atoms with E-state index in [4.69, 9.17) is 9.47 Å². The molecule has 1 aliphatic heterocycles. The molecule has 0 radical (unpaired) electrons. The Bertz CT molecular complexity index is 1360. The molecular formula is C24H21FN2O7S. The number of carbonyl (C=O) groups excluding carboxylic acids is 2. The van der Waals surface area contributed by atoms with Crippen LogP contribution in [-0.2, 0) is 19.6 Å². The Balaban J connectivity index is 1.62. The van der Waals surface area contributed by atoms with Crippen LogP contribution in [0.2, 0.25) is 0 Å². The minimum atomic E-state index is -4.30. The van der Waals surface area contributed by atoms with E-state index in [1.54, 1.807) is 0 Å². The van der Waals surface area contributed by atoms with Crippen molar-refractivity contribution in [1.29, 1.82) is 0 Å². The summed E-state index contributed by atoms with van der Waals surface area (Å²) in [6.45, 7) is -0.0322. The first-order valence-electron chi connectivity index (χ1n) is 10.4. The van der Waals surface area contributed by atoms with E-state index in [0.717, 1.165) is 10.4 Å². The highest BCUT2D eigenvalue weighted by Gasteiger charge is 2.29. The predicted octanol–water partition coefficient (Wildman–Crippen LogP) is 3.22. The highest BCUT2D eigenvalue weighted by atomic mass is 32.2. The molecule has 0 saturated heterocycles. The third-order valence-corrected chi connectivity index (χ3v) is 6.84. The molecule has 0 unspecified atom stereocenters. The fourth-order valence-electron chi connectivity index (χ4n) is 3.40. The maximum atomic E-state index is 14.0. The Hall–Kier alpha value is -4.12. The second-order valence-electron chi connectivity index (χ2n) is 7.41. The Morgan fingerprint density at radius 1 is 1.00 bits per heavy atom. The quantitative estimate of drug-likeness (QED) is 0.496. The molecule has 3 aromatic carbocycles. The van der Waals surface area contributed by atoms with Gasteiger partial charge in [0.05, 0.1) is 23.3 Å². The van der Waals surface area contributed by atoms with E-state index in [2.05, 4.69) is 10.1 Å². The number of nitrogens with one attached hydrogen (secondary N) is 1. The fraction of sp³-hybridized carbons (Fsp3) is 0.167. The van der Waals surface area contributed by atoms with Crippen LogP contribution in [0.25, 0.3) is 0 Å². The number of methoxy groups -OCH3 is 1. The van der Waals surface area contributed by atoms with Gasteiger partial charge >= 0.3 is 5.97 Å². The maximum absolute atomic E-state index is 14.0. The van der Waals surface area contributed by atoms with Crippen molar-refractivity contribution < 1.29 is 36.6 Å². The maximum Gasteiger partial charge on any atom is 0.337 e. The molecule has 0 aromatic heterocycles. The lowest BCUT2D eigenvalue weighted by molar-refractivity contribution is -0.114. The Morgan fingerprint density at radius 3 is 2.40 bits per heavy atom. The molecule has 35 heavy (non-hydrogen) atoms. The zero-order valence-electron chi connectivity index (χ0n) is 18.6. The molecule has 0 bridgehead atoms. The van der Waals surface area contributed by atoms with Gasteiger partial charge in [0.2, 0.25) is 5.91 Å². The van der Waals surface area contributed by atoms with Crippen molar-refractivity contribution >= 4 is 33.3 Å². The third-order valence-electron chi connectivity index (χ3n) is 5.07. The standard InChI is InChI=1S/C24H21FN2O7S/c1-32-24(29)16-5-7-18(8-6-16)26-23(28)15-27(19-4-2-3-17(25)13-19)35(30,31)20-9-10-21-22(14-20)34-12-11-33-21/h2-10,13-14H,11-12,15H2,1H3,(H,26,28). The van der Waals surface area contributed by atoms with Gasteiger partial charge in [-0.3, -0.25) is 9.10 Å². The lowest BCUT2D eigenvalue weighted by atomic mass is 10.2. The average Bonchev–Trinajstić information content (AvgIpc) is 2.86. The van der Waals surface area contributed by atoms with E-state index < -0.39 is 34.3 Å². The number of rotatable bonds is 7. The van der Waals surface area contributed by atoms with Gasteiger partial charge in [0.15, 0.2) is 11.5 Å². The molecule has 0 saturated carbocycles. The molecule has 0 atom stereocenters. The zero-order chi connectivity index (χ0) is 25.0. The number of hydrogen-bond acceptors (Lipinski definition) is 7. The van der Waals surface area contributed by atoms with Crippen molar-refractivity contribution in [3.8, 4) is 11.5 Å². The molecule has 1 heterocycles. The van der Waals surface area contributed by atoms with Gasteiger partial charge in [0.25, 0.3) is 10.0 Å². The van der Waals surface area contributed by atoms with E-state index >= 15 is 0 Å². The predicted molar refractivity (Wildman–Crippen MR) is 125 cm³/mol. The summed E-state index contributed by atoms with van der Waals surface area (Å²) in [6.07, 6.45) is 0. The molecule has 9 nitrogen and oxygen atoms in total. The number of esters is 1. The number of benzene rings is 3. The summed E-state index contributed by atoms with van der Waals surface area (Å²) in [5.74, 6) is -1.22. The summed E-state index contributed by atoms with van der Waals surface area (Å²) in [5.41, 5.74) is 0.586. The van der Waals surface area contributed by atoms with E-state index in [-0.39, 0.29) is 28.5 Å². The van der Waals surface area contributed by atoms with Gasteiger partial charge in [-0.25, -0.2) is 17.6 Å². The smallest absolute Gasteiger partial charge is 0.337 e. The van der Waals surface area contributed by atoms with Crippen LogP contribution in [0.5, 0.6) is 11.5 Å². The summed E-state index contributed by atoms with van der Waals surface area (Å²) >= 11 is 0. The zero-order valence-corrected chi connectivity index (χ0v) is 19.4. The van der Waals surface area contributed by atoms with Crippen molar-refractivity contribution in [1.82, 2.24) is 0 Å². The molecule has 1 amide bonds. The first-order valence-corrected chi connectivity index (χ1v) is 11.9. The highest BCUT2D eigenvalue weighted by Crippen LogP contribution is 2.34. The second kappa shape index (κ2) is 10.0. The number of halogens is 1. The Kier molecular flexibility index (Phi) is 6.87. The largest absolute Gasteiger partial charge is 0.486 e. The SMILES string of the molecule is COC(=O)c1ccc(NC(=O)CN(c2cccc(F)c2)S(=O)(=O)c2ccc3c(c2)OCCO3)cc1. The van der Waals surface area contributed by atoms with E-state index in [0.29, 0.717) is 18.0 Å². The Labute approximate surface area is 201 Å². The normalized spacial score (nSPS) is 12.5. The molecule has 0 aliphatic carbocycles. The minimum Gasteiger partial charge on any atom is -0.486 e. The van der Waals surface area contributed by atoms with Crippen LogP contribution in [0.15, 0.2) is 71.6 Å². The molecule has 0 fully saturated rings.